The minimum Gasteiger partial charge on any atom is -0.466 e. The Labute approximate surface area is 85.9 Å². The Bertz CT molecular complexity index is 344. The highest BCUT2D eigenvalue weighted by Gasteiger charge is 2.07. The molecule has 0 aliphatic rings. The lowest BCUT2D eigenvalue weighted by Gasteiger charge is -2.01. The molecule has 0 aromatic carbocycles. The van der Waals surface area contributed by atoms with E-state index < -0.39 is 11.9 Å². The quantitative estimate of drug-likeness (QED) is 0.574. The van der Waals surface area contributed by atoms with E-state index in [9.17, 15) is 9.18 Å². The smallest absolute Gasteiger partial charge is 0.311 e. The molecule has 0 spiro atoms. The van der Waals surface area contributed by atoms with Gasteiger partial charge in [0, 0.05) is 0 Å². The Morgan fingerprint density at radius 1 is 1.64 bits per heavy atom. The van der Waals surface area contributed by atoms with E-state index in [0.29, 0.717) is 12.3 Å². The minimum atomic E-state index is -0.770. The van der Waals surface area contributed by atoms with Crippen LogP contribution in [0, 0.1) is 5.95 Å². The Morgan fingerprint density at radius 2 is 2.36 bits per heavy atom. The first kappa shape index (κ1) is 10.9. The van der Waals surface area contributed by atoms with Gasteiger partial charge in [-0.3, -0.25) is 4.79 Å². The first-order chi connectivity index (χ1) is 6.63. The summed E-state index contributed by atoms with van der Waals surface area (Å²) in [6.07, 6.45) is -0.0398. The molecule has 0 unspecified atom stereocenters. The second-order valence-corrected chi connectivity index (χ2v) is 2.96. The van der Waals surface area contributed by atoms with Gasteiger partial charge in [-0.15, -0.1) is 0 Å². The van der Waals surface area contributed by atoms with E-state index in [-0.39, 0.29) is 11.4 Å². The zero-order valence-corrected chi connectivity index (χ0v) is 8.34. The van der Waals surface area contributed by atoms with Crippen molar-refractivity contribution in [3.8, 4) is 0 Å². The van der Waals surface area contributed by atoms with E-state index in [1.54, 1.807) is 6.92 Å². The second-order valence-electron chi connectivity index (χ2n) is 2.56. The SMILES string of the molecule is CCOC(=O)Cc1ccc(Cl)c(F)n1. The molecule has 0 saturated carbocycles. The molecule has 14 heavy (non-hydrogen) atoms. The van der Waals surface area contributed by atoms with Crippen molar-refractivity contribution in [2.75, 3.05) is 6.61 Å². The summed E-state index contributed by atoms with van der Waals surface area (Å²) in [5.41, 5.74) is 0.311. The molecule has 0 radical (unpaired) electrons. The average Bonchev–Trinajstić information content (AvgIpc) is 2.12. The van der Waals surface area contributed by atoms with Gasteiger partial charge >= 0.3 is 5.97 Å². The first-order valence-corrected chi connectivity index (χ1v) is 4.47. The number of carbonyl (C=O) groups is 1. The maximum Gasteiger partial charge on any atom is 0.311 e. The summed E-state index contributed by atoms with van der Waals surface area (Å²) in [6, 6.07) is 2.85. The van der Waals surface area contributed by atoms with Gasteiger partial charge in [0.25, 0.3) is 0 Å². The number of nitrogens with zero attached hydrogens (tertiary/aromatic N) is 1. The monoisotopic (exact) mass is 217 g/mol. The van der Waals surface area contributed by atoms with Crippen LogP contribution in [0.2, 0.25) is 5.02 Å². The summed E-state index contributed by atoms with van der Waals surface area (Å²) in [7, 11) is 0. The average molecular weight is 218 g/mol. The molecular formula is C9H9ClFNO2. The van der Waals surface area contributed by atoms with Crippen LogP contribution in [-0.2, 0) is 16.0 Å². The largest absolute Gasteiger partial charge is 0.466 e. The van der Waals surface area contributed by atoms with Crippen molar-refractivity contribution in [1.29, 1.82) is 0 Å². The number of rotatable bonds is 3. The number of ether oxygens (including phenoxy) is 1. The standard InChI is InChI=1S/C9H9ClFNO2/c1-2-14-8(13)5-6-3-4-7(10)9(11)12-6/h3-4H,2,5H2,1H3. The van der Waals surface area contributed by atoms with Crippen molar-refractivity contribution < 1.29 is 13.9 Å². The van der Waals surface area contributed by atoms with Crippen LogP contribution in [0.25, 0.3) is 0 Å². The van der Waals surface area contributed by atoms with Gasteiger partial charge in [0.05, 0.1) is 23.7 Å². The topological polar surface area (TPSA) is 39.2 Å². The van der Waals surface area contributed by atoms with E-state index in [1.165, 1.54) is 12.1 Å². The van der Waals surface area contributed by atoms with Crippen LogP contribution in [0.3, 0.4) is 0 Å². The van der Waals surface area contributed by atoms with Crippen molar-refractivity contribution in [3.63, 3.8) is 0 Å². The normalized spacial score (nSPS) is 9.93. The third-order valence-corrected chi connectivity index (χ3v) is 1.77. The van der Waals surface area contributed by atoms with Gasteiger partial charge in [-0.1, -0.05) is 11.6 Å². The molecule has 1 heterocycles. The predicted molar refractivity (Wildman–Crippen MR) is 49.5 cm³/mol. The Morgan fingerprint density at radius 3 is 2.93 bits per heavy atom. The Balaban J connectivity index is 2.68. The van der Waals surface area contributed by atoms with Crippen molar-refractivity contribution in [2.45, 2.75) is 13.3 Å². The fourth-order valence-electron chi connectivity index (χ4n) is 0.913. The maximum absolute atomic E-state index is 12.8. The number of hydrogen-bond donors (Lipinski definition) is 0. The summed E-state index contributed by atoms with van der Waals surface area (Å²) in [6.45, 7) is 2.00. The molecule has 1 aromatic rings. The van der Waals surface area contributed by atoms with Gasteiger partial charge in [0.15, 0.2) is 0 Å². The Kier molecular flexibility index (Phi) is 3.83. The van der Waals surface area contributed by atoms with Crippen molar-refractivity contribution >= 4 is 17.6 Å². The predicted octanol–water partition coefficient (Wildman–Crippen LogP) is 1.98. The lowest BCUT2D eigenvalue weighted by molar-refractivity contribution is -0.142. The number of carbonyl (C=O) groups excluding carboxylic acids is 1. The molecule has 1 rings (SSSR count). The van der Waals surface area contributed by atoms with E-state index in [1.807, 2.05) is 0 Å². The Hall–Kier alpha value is -1.16. The molecule has 3 nitrogen and oxygen atoms in total. The molecule has 5 heteroatoms. The zero-order chi connectivity index (χ0) is 10.6. The third kappa shape index (κ3) is 2.96. The highest BCUT2D eigenvalue weighted by molar-refractivity contribution is 6.30. The van der Waals surface area contributed by atoms with Crippen molar-refractivity contribution in [3.05, 3.63) is 28.8 Å². The zero-order valence-electron chi connectivity index (χ0n) is 7.59. The lowest BCUT2D eigenvalue weighted by atomic mass is 10.3. The van der Waals surface area contributed by atoms with E-state index in [4.69, 9.17) is 11.6 Å². The summed E-state index contributed by atoms with van der Waals surface area (Å²) in [5.74, 6) is -1.20. The molecule has 0 aliphatic heterocycles. The summed E-state index contributed by atoms with van der Waals surface area (Å²) in [5, 5.41) is -0.0578. The van der Waals surface area contributed by atoms with Crippen molar-refractivity contribution in [1.82, 2.24) is 4.98 Å². The molecule has 0 aliphatic carbocycles. The van der Waals surface area contributed by atoms with Crippen LogP contribution in [-0.4, -0.2) is 17.6 Å². The number of halogens is 2. The van der Waals surface area contributed by atoms with Gasteiger partial charge in [-0.25, -0.2) is 4.98 Å². The van der Waals surface area contributed by atoms with Gasteiger partial charge in [0.2, 0.25) is 5.95 Å². The molecule has 0 bridgehead atoms. The summed E-state index contributed by atoms with van der Waals surface area (Å²) >= 11 is 5.42. The molecule has 0 atom stereocenters. The summed E-state index contributed by atoms with van der Waals surface area (Å²) in [4.78, 5) is 14.5. The van der Waals surface area contributed by atoms with Crippen LogP contribution in [0.5, 0.6) is 0 Å². The van der Waals surface area contributed by atoms with Crippen LogP contribution in [0.15, 0.2) is 12.1 Å². The highest BCUT2D eigenvalue weighted by atomic mass is 35.5. The van der Waals surface area contributed by atoms with Gasteiger partial charge in [-0.05, 0) is 19.1 Å². The molecule has 0 amide bonds. The van der Waals surface area contributed by atoms with Gasteiger partial charge < -0.3 is 4.74 Å². The fourth-order valence-corrected chi connectivity index (χ4v) is 1.02. The number of aromatic nitrogens is 1. The third-order valence-electron chi connectivity index (χ3n) is 1.49. The lowest BCUT2D eigenvalue weighted by Crippen LogP contribution is -2.09. The number of pyridine rings is 1. The number of esters is 1. The van der Waals surface area contributed by atoms with Gasteiger partial charge in [0.1, 0.15) is 0 Å². The molecule has 76 valence electrons. The van der Waals surface area contributed by atoms with Crippen molar-refractivity contribution in [2.24, 2.45) is 0 Å². The van der Waals surface area contributed by atoms with Crippen LogP contribution < -0.4 is 0 Å². The molecule has 1 aromatic heterocycles. The minimum absolute atomic E-state index is 0.0398. The van der Waals surface area contributed by atoms with Crippen LogP contribution in [0.4, 0.5) is 4.39 Å². The maximum atomic E-state index is 12.8. The summed E-state index contributed by atoms with van der Waals surface area (Å²) < 4.78 is 17.5. The number of hydrogen-bond acceptors (Lipinski definition) is 3. The molecule has 0 saturated heterocycles. The van der Waals surface area contributed by atoms with Crippen LogP contribution in [0.1, 0.15) is 12.6 Å². The van der Waals surface area contributed by atoms with E-state index >= 15 is 0 Å². The molecule has 0 fully saturated rings. The fraction of sp³-hybridized carbons (Fsp3) is 0.333. The molecular weight excluding hydrogens is 209 g/mol. The highest BCUT2D eigenvalue weighted by Crippen LogP contribution is 2.12. The van der Waals surface area contributed by atoms with Crippen LogP contribution >= 0.6 is 11.6 Å². The van der Waals surface area contributed by atoms with E-state index in [0.717, 1.165) is 0 Å². The van der Waals surface area contributed by atoms with E-state index in [2.05, 4.69) is 9.72 Å². The first-order valence-electron chi connectivity index (χ1n) is 4.10. The molecule has 0 N–H and O–H groups in total. The van der Waals surface area contributed by atoms with Gasteiger partial charge in [-0.2, -0.15) is 4.39 Å². The second kappa shape index (κ2) is 4.91.